The highest BCUT2D eigenvalue weighted by Gasteiger charge is 2.29. The normalized spacial score (nSPS) is 16.1. The van der Waals surface area contributed by atoms with Crippen LogP contribution in [0.3, 0.4) is 0 Å². The third-order valence-corrected chi connectivity index (χ3v) is 7.68. The van der Waals surface area contributed by atoms with Gasteiger partial charge in [-0.3, -0.25) is 14.4 Å². The Morgan fingerprint density at radius 2 is 1.88 bits per heavy atom. The molecule has 2 aliphatic rings. The van der Waals surface area contributed by atoms with E-state index in [-0.39, 0.29) is 25.0 Å². The van der Waals surface area contributed by atoms with Gasteiger partial charge in [-0.15, -0.1) is 0 Å². The lowest BCUT2D eigenvalue weighted by Crippen LogP contribution is -2.37. The molecule has 2 aromatic carbocycles. The number of aromatic nitrogens is 4. The van der Waals surface area contributed by atoms with Crippen LogP contribution in [-0.4, -0.2) is 86.3 Å². The minimum Gasteiger partial charge on any atom is -0.394 e. The molecule has 43 heavy (non-hydrogen) atoms. The predicted octanol–water partition coefficient (Wildman–Crippen LogP) is 3.33. The topological polar surface area (TPSA) is 138 Å². The number of hydrogen-bond donors (Lipinski definition) is 4. The van der Waals surface area contributed by atoms with Gasteiger partial charge in [-0.1, -0.05) is 24.3 Å². The fraction of sp³-hybridized carbons (Fsp3) is 0.375. The number of benzene rings is 2. The first-order valence-electron chi connectivity index (χ1n) is 14.8. The zero-order valence-electron chi connectivity index (χ0n) is 24.0. The number of rotatable bonds is 12. The van der Waals surface area contributed by atoms with Crippen molar-refractivity contribution in [3.05, 3.63) is 72.6 Å². The van der Waals surface area contributed by atoms with Crippen molar-refractivity contribution in [1.29, 1.82) is 0 Å². The number of amides is 1. The number of nitrogens with zero attached hydrogens (tertiary/aromatic N) is 5. The molecule has 0 bridgehead atoms. The molecule has 2 fully saturated rings. The summed E-state index contributed by atoms with van der Waals surface area (Å²) >= 11 is 0. The van der Waals surface area contributed by atoms with E-state index in [1.165, 1.54) is 5.56 Å². The Labute approximate surface area is 250 Å². The lowest BCUT2D eigenvalue weighted by atomic mass is 10.1. The monoisotopic (exact) mass is 583 g/mol. The van der Waals surface area contributed by atoms with E-state index in [1.807, 2.05) is 48.7 Å². The summed E-state index contributed by atoms with van der Waals surface area (Å²) in [6.45, 7) is 4.28. The first-order valence-corrected chi connectivity index (χ1v) is 14.8. The Bertz CT molecular complexity index is 1530. The van der Waals surface area contributed by atoms with Gasteiger partial charge in [-0.2, -0.15) is 5.10 Å². The molecular weight excluding hydrogens is 546 g/mol. The highest BCUT2D eigenvalue weighted by atomic mass is 16.5. The van der Waals surface area contributed by atoms with Crippen molar-refractivity contribution in [3.8, 4) is 22.5 Å². The molecule has 1 aliphatic carbocycles. The molecule has 1 aliphatic heterocycles. The fourth-order valence-electron chi connectivity index (χ4n) is 5.11. The van der Waals surface area contributed by atoms with Gasteiger partial charge in [0.2, 0.25) is 11.9 Å². The SMILES string of the molecule is O=C(Nc1ccc(-c2nn(C[C@@H](O)CO)cc2-c2ccnc(Nc3cccc(CCN4CCOCC4)c3)n2)cc1)C1CC1. The molecule has 1 atom stereocenters. The number of hydrogen-bond acceptors (Lipinski definition) is 9. The molecular formula is C32H37N7O4. The zero-order valence-corrected chi connectivity index (χ0v) is 24.0. The van der Waals surface area contributed by atoms with Crippen LogP contribution < -0.4 is 10.6 Å². The number of morpholine rings is 1. The molecule has 1 saturated heterocycles. The van der Waals surface area contributed by atoms with Gasteiger partial charge >= 0.3 is 0 Å². The van der Waals surface area contributed by atoms with Crippen LogP contribution in [0.4, 0.5) is 17.3 Å². The molecule has 0 spiro atoms. The summed E-state index contributed by atoms with van der Waals surface area (Å²) in [4.78, 5) is 23.9. The van der Waals surface area contributed by atoms with Crippen LogP contribution in [0, 0.1) is 5.92 Å². The minimum atomic E-state index is -0.946. The van der Waals surface area contributed by atoms with Gasteiger partial charge in [0.1, 0.15) is 5.69 Å². The molecule has 11 nitrogen and oxygen atoms in total. The smallest absolute Gasteiger partial charge is 0.227 e. The maximum absolute atomic E-state index is 12.2. The number of anilines is 3. The van der Waals surface area contributed by atoms with E-state index in [0.29, 0.717) is 17.3 Å². The maximum atomic E-state index is 12.2. The fourth-order valence-corrected chi connectivity index (χ4v) is 5.11. The van der Waals surface area contributed by atoms with Crippen molar-refractivity contribution in [2.75, 3.05) is 50.1 Å². The van der Waals surface area contributed by atoms with Crippen molar-refractivity contribution in [3.63, 3.8) is 0 Å². The zero-order chi connectivity index (χ0) is 29.6. The van der Waals surface area contributed by atoms with Crippen LogP contribution in [-0.2, 0) is 22.5 Å². The molecule has 0 unspecified atom stereocenters. The quantitative estimate of drug-likeness (QED) is 0.198. The Balaban J connectivity index is 1.21. The van der Waals surface area contributed by atoms with E-state index in [4.69, 9.17) is 14.8 Å². The minimum absolute atomic E-state index is 0.0550. The molecule has 6 rings (SSSR count). The second-order valence-electron chi connectivity index (χ2n) is 11.1. The van der Waals surface area contributed by atoms with Gasteiger partial charge < -0.3 is 25.6 Å². The van der Waals surface area contributed by atoms with Crippen LogP contribution in [0.25, 0.3) is 22.5 Å². The Kier molecular flexibility index (Phi) is 9.04. The molecule has 3 heterocycles. The van der Waals surface area contributed by atoms with Crippen molar-refractivity contribution >= 4 is 23.2 Å². The molecule has 4 N–H and O–H groups in total. The summed E-state index contributed by atoms with van der Waals surface area (Å²) in [6.07, 6.45) is 5.41. The van der Waals surface area contributed by atoms with Crippen LogP contribution in [0.5, 0.6) is 0 Å². The standard InChI is InChI=1S/C32H37N7O4/c40-21-27(41)19-39-20-28(30(37-39)23-6-8-25(9-7-23)34-31(42)24-4-5-24)29-10-12-33-32(36-29)35-26-3-1-2-22(18-26)11-13-38-14-16-43-17-15-38/h1-3,6-10,12,18,20,24,27,40-41H,4-5,11,13-17,19,21H2,(H,34,42)(H,33,35,36)/t27-/m1/s1. The number of ether oxygens (including phenoxy) is 1. The molecule has 1 saturated carbocycles. The average Bonchev–Trinajstić information content (AvgIpc) is 3.81. The van der Waals surface area contributed by atoms with E-state index in [0.717, 1.165) is 74.6 Å². The second kappa shape index (κ2) is 13.4. The second-order valence-corrected chi connectivity index (χ2v) is 11.1. The van der Waals surface area contributed by atoms with Crippen LogP contribution in [0.1, 0.15) is 18.4 Å². The largest absolute Gasteiger partial charge is 0.394 e. The number of nitrogens with one attached hydrogen (secondary N) is 2. The summed E-state index contributed by atoms with van der Waals surface area (Å²) in [5, 5.41) is 30.5. The molecule has 1 amide bonds. The van der Waals surface area contributed by atoms with Gasteiger partial charge in [0.05, 0.1) is 38.2 Å². The molecule has 2 aromatic heterocycles. The molecule has 4 aromatic rings. The van der Waals surface area contributed by atoms with Crippen molar-refractivity contribution < 1.29 is 19.7 Å². The highest BCUT2D eigenvalue weighted by Crippen LogP contribution is 2.33. The summed E-state index contributed by atoms with van der Waals surface area (Å²) in [5.74, 6) is 0.632. The third-order valence-electron chi connectivity index (χ3n) is 7.68. The average molecular weight is 584 g/mol. The van der Waals surface area contributed by atoms with E-state index in [2.05, 4.69) is 32.7 Å². The summed E-state index contributed by atoms with van der Waals surface area (Å²) in [5.41, 5.74) is 5.78. The van der Waals surface area contributed by atoms with Gasteiger partial charge in [0.25, 0.3) is 0 Å². The lowest BCUT2D eigenvalue weighted by molar-refractivity contribution is -0.117. The summed E-state index contributed by atoms with van der Waals surface area (Å²) in [7, 11) is 0. The first kappa shape index (κ1) is 28.9. The van der Waals surface area contributed by atoms with Crippen LogP contribution >= 0.6 is 0 Å². The Morgan fingerprint density at radius 1 is 1.07 bits per heavy atom. The van der Waals surface area contributed by atoms with E-state index >= 15 is 0 Å². The number of aliphatic hydroxyl groups is 2. The van der Waals surface area contributed by atoms with Gasteiger partial charge in [-0.05, 0) is 55.2 Å². The molecule has 11 heteroatoms. The lowest BCUT2D eigenvalue weighted by Gasteiger charge is -2.26. The number of carbonyl (C=O) groups excluding carboxylic acids is 1. The van der Waals surface area contributed by atoms with Crippen LogP contribution in [0.2, 0.25) is 0 Å². The molecule has 0 radical (unpaired) electrons. The molecule has 224 valence electrons. The first-order chi connectivity index (χ1) is 21.0. The number of aliphatic hydroxyl groups excluding tert-OH is 2. The van der Waals surface area contributed by atoms with E-state index in [1.54, 1.807) is 10.9 Å². The van der Waals surface area contributed by atoms with E-state index < -0.39 is 6.10 Å². The summed E-state index contributed by atoms with van der Waals surface area (Å²) in [6, 6.07) is 17.6. The van der Waals surface area contributed by atoms with Crippen molar-refractivity contribution in [1.82, 2.24) is 24.6 Å². The van der Waals surface area contributed by atoms with Crippen molar-refractivity contribution in [2.45, 2.75) is 31.9 Å². The van der Waals surface area contributed by atoms with Crippen molar-refractivity contribution in [2.24, 2.45) is 5.92 Å². The van der Waals surface area contributed by atoms with Crippen LogP contribution in [0.15, 0.2) is 67.0 Å². The Morgan fingerprint density at radius 3 is 2.65 bits per heavy atom. The Hall–Kier alpha value is -4.16. The van der Waals surface area contributed by atoms with E-state index in [9.17, 15) is 15.0 Å². The van der Waals surface area contributed by atoms with Gasteiger partial charge in [0, 0.05) is 60.4 Å². The predicted molar refractivity (Wildman–Crippen MR) is 164 cm³/mol. The maximum Gasteiger partial charge on any atom is 0.227 e. The highest BCUT2D eigenvalue weighted by molar-refractivity contribution is 5.94. The summed E-state index contributed by atoms with van der Waals surface area (Å²) < 4.78 is 7.07. The van der Waals surface area contributed by atoms with Gasteiger partial charge in [0.15, 0.2) is 0 Å². The van der Waals surface area contributed by atoms with Gasteiger partial charge in [-0.25, -0.2) is 9.97 Å². The third kappa shape index (κ3) is 7.63. The number of carbonyl (C=O) groups is 1.